The zero-order valence-corrected chi connectivity index (χ0v) is 20.7. The maximum absolute atomic E-state index is 12.9. The van der Waals surface area contributed by atoms with E-state index in [0.29, 0.717) is 22.4 Å². The van der Waals surface area contributed by atoms with E-state index in [4.69, 9.17) is 10.5 Å². The number of ether oxygens (including phenoxy) is 1. The van der Waals surface area contributed by atoms with Crippen molar-refractivity contribution in [1.29, 1.82) is 0 Å². The van der Waals surface area contributed by atoms with E-state index in [-0.39, 0.29) is 23.6 Å². The zero-order valence-electron chi connectivity index (χ0n) is 20.7. The molecule has 1 aliphatic carbocycles. The number of aliphatic hydroxyl groups excluding tert-OH is 2. The molecule has 4 rings (SSSR count). The number of nitrogens with one attached hydrogen (secondary N) is 1. The lowest BCUT2D eigenvalue weighted by atomic mass is 9.78. The van der Waals surface area contributed by atoms with E-state index in [1.54, 1.807) is 63.2 Å². The first-order valence-electron chi connectivity index (χ1n) is 11.8. The first-order valence-corrected chi connectivity index (χ1v) is 11.8. The van der Waals surface area contributed by atoms with Crippen molar-refractivity contribution in [2.24, 2.45) is 11.7 Å². The Kier molecular flexibility index (Phi) is 6.74. The molecule has 1 aliphatic heterocycles. The van der Waals surface area contributed by atoms with E-state index in [2.05, 4.69) is 5.32 Å². The number of imide groups is 1. The van der Waals surface area contributed by atoms with Gasteiger partial charge in [0.1, 0.15) is 5.60 Å². The summed E-state index contributed by atoms with van der Waals surface area (Å²) in [5.41, 5.74) is 7.67. The van der Waals surface area contributed by atoms with Gasteiger partial charge in [-0.05, 0) is 63.4 Å². The Balaban J connectivity index is 1.73. The third kappa shape index (κ3) is 4.90. The number of benzene rings is 2. The summed E-state index contributed by atoms with van der Waals surface area (Å²) in [6, 6.07) is 10.8. The van der Waals surface area contributed by atoms with Crippen LogP contribution in [0.4, 0.5) is 16.2 Å². The molecule has 0 bridgehead atoms. The van der Waals surface area contributed by atoms with E-state index < -0.39 is 41.8 Å². The molecule has 0 fully saturated rings. The highest BCUT2D eigenvalue weighted by Gasteiger charge is 2.36. The van der Waals surface area contributed by atoms with Crippen LogP contribution in [-0.2, 0) is 14.3 Å². The number of amides is 3. The minimum absolute atomic E-state index is 0.197. The highest BCUT2D eigenvalue weighted by atomic mass is 16.6. The molecule has 190 valence electrons. The molecule has 0 saturated carbocycles. The van der Waals surface area contributed by atoms with Gasteiger partial charge in [0, 0.05) is 22.7 Å². The molecule has 9 nitrogen and oxygen atoms in total. The number of carbonyl (C=O) groups is 3. The van der Waals surface area contributed by atoms with Crippen LogP contribution in [0.25, 0.3) is 5.57 Å². The third-order valence-electron chi connectivity index (χ3n) is 6.19. The van der Waals surface area contributed by atoms with Crippen molar-refractivity contribution in [3.05, 3.63) is 65.2 Å². The zero-order chi connectivity index (χ0) is 26.4. The van der Waals surface area contributed by atoms with Gasteiger partial charge in [-0.25, -0.2) is 9.69 Å². The van der Waals surface area contributed by atoms with Crippen LogP contribution in [0.15, 0.2) is 48.5 Å². The van der Waals surface area contributed by atoms with Crippen LogP contribution >= 0.6 is 0 Å². The Labute approximate surface area is 209 Å². The van der Waals surface area contributed by atoms with Gasteiger partial charge in [-0.3, -0.25) is 9.59 Å². The number of nitrogens with two attached hydrogens (primary N) is 1. The number of carbonyl (C=O) groups excluding carboxylic acids is 3. The molecule has 4 atom stereocenters. The molecule has 5 N–H and O–H groups in total. The highest BCUT2D eigenvalue weighted by Crippen LogP contribution is 2.43. The molecule has 3 unspecified atom stereocenters. The van der Waals surface area contributed by atoms with Gasteiger partial charge in [0.05, 0.1) is 23.9 Å². The molecule has 3 amide bonds. The van der Waals surface area contributed by atoms with Crippen LogP contribution in [-0.4, -0.2) is 39.8 Å². The lowest BCUT2D eigenvalue weighted by Gasteiger charge is -2.31. The topological polar surface area (TPSA) is 142 Å². The third-order valence-corrected chi connectivity index (χ3v) is 6.19. The maximum atomic E-state index is 12.9. The Hall–Kier alpha value is -3.53. The Morgan fingerprint density at radius 1 is 1.17 bits per heavy atom. The molecule has 0 radical (unpaired) electrons. The van der Waals surface area contributed by atoms with E-state index in [1.807, 2.05) is 0 Å². The van der Waals surface area contributed by atoms with Crippen LogP contribution in [0, 0.1) is 5.92 Å². The monoisotopic (exact) mass is 493 g/mol. The molecule has 2 aliphatic rings. The summed E-state index contributed by atoms with van der Waals surface area (Å²) in [6.45, 7) is 6.53. The van der Waals surface area contributed by atoms with Gasteiger partial charge in [0.15, 0.2) is 0 Å². The molecule has 0 aromatic heterocycles. The fourth-order valence-electron chi connectivity index (χ4n) is 4.52. The van der Waals surface area contributed by atoms with Gasteiger partial charge in [0.2, 0.25) is 0 Å². The number of nitrogens with zero attached hydrogens (tertiary/aromatic N) is 1. The fourth-order valence-corrected chi connectivity index (χ4v) is 4.52. The number of anilines is 2. The van der Waals surface area contributed by atoms with E-state index in [9.17, 15) is 24.6 Å². The Morgan fingerprint density at radius 2 is 1.83 bits per heavy atom. The Bertz CT molecular complexity index is 1250. The second-order valence-electron chi connectivity index (χ2n) is 10.2. The van der Waals surface area contributed by atoms with Crippen molar-refractivity contribution < 1.29 is 29.3 Å². The van der Waals surface area contributed by atoms with E-state index >= 15 is 0 Å². The molecular formula is C27H31N3O6. The SMILES string of the molecule is C[C@H](N)C(=O)N(C(=O)OC(C)(C)C)c1ccc2c(c1)C(=CC1CC(O)c3ccccc3C1O)C(=O)N2. The van der Waals surface area contributed by atoms with E-state index in [1.165, 1.54) is 13.0 Å². The summed E-state index contributed by atoms with van der Waals surface area (Å²) in [5, 5.41) is 24.4. The summed E-state index contributed by atoms with van der Waals surface area (Å²) < 4.78 is 5.43. The molecule has 1 heterocycles. The molecule has 2 aromatic carbocycles. The summed E-state index contributed by atoms with van der Waals surface area (Å²) in [4.78, 5) is 39.5. The number of rotatable bonds is 3. The number of fused-ring (bicyclic) bond motifs is 2. The Morgan fingerprint density at radius 3 is 2.47 bits per heavy atom. The fraction of sp³-hybridized carbons (Fsp3) is 0.370. The van der Waals surface area contributed by atoms with Crippen molar-refractivity contribution in [2.45, 2.75) is 58.0 Å². The van der Waals surface area contributed by atoms with Crippen molar-refractivity contribution in [3.8, 4) is 0 Å². The van der Waals surface area contributed by atoms with Crippen molar-refractivity contribution in [3.63, 3.8) is 0 Å². The quantitative estimate of drug-likeness (QED) is 0.480. The summed E-state index contributed by atoms with van der Waals surface area (Å²) in [5.74, 6) is -1.57. The highest BCUT2D eigenvalue weighted by molar-refractivity contribution is 6.32. The van der Waals surface area contributed by atoms with Crippen LogP contribution in [0.3, 0.4) is 0 Å². The smallest absolute Gasteiger partial charge is 0.421 e. The first kappa shape index (κ1) is 25.6. The molecular weight excluding hydrogens is 462 g/mol. The molecule has 9 heteroatoms. The minimum Gasteiger partial charge on any atom is -0.443 e. The minimum atomic E-state index is -0.973. The van der Waals surface area contributed by atoms with Gasteiger partial charge in [0.25, 0.3) is 11.8 Å². The second kappa shape index (κ2) is 9.50. The van der Waals surface area contributed by atoms with Gasteiger partial charge >= 0.3 is 6.09 Å². The van der Waals surface area contributed by atoms with Crippen LogP contribution < -0.4 is 16.0 Å². The van der Waals surface area contributed by atoms with Gasteiger partial charge < -0.3 is 26.0 Å². The van der Waals surface area contributed by atoms with Crippen molar-refractivity contribution in [1.82, 2.24) is 0 Å². The van der Waals surface area contributed by atoms with E-state index in [0.717, 1.165) is 4.90 Å². The largest absolute Gasteiger partial charge is 0.443 e. The molecule has 0 spiro atoms. The van der Waals surface area contributed by atoms with Crippen molar-refractivity contribution in [2.75, 3.05) is 10.2 Å². The second-order valence-corrected chi connectivity index (χ2v) is 10.2. The summed E-state index contributed by atoms with van der Waals surface area (Å²) in [7, 11) is 0. The molecule has 2 aromatic rings. The first-order chi connectivity index (χ1) is 16.9. The van der Waals surface area contributed by atoms with Gasteiger partial charge in [-0.2, -0.15) is 0 Å². The average Bonchev–Trinajstić information content (AvgIpc) is 3.10. The summed E-state index contributed by atoms with van der Waals surface area (Å²) in [6.07, 6.45) is -0.699. The van der Waals surface area contributed by atoms with Crippen LogP contribution in [0.5, 0.6) is 0 Å². The number of hydrogen-bond acceptors (Lipinski definition) is 7. The van der Waals surface area contributed by atoms with Crippen LogP contribution in [0.1, 0.15) is 63.0 Å². The van der Waals surface area contributed by atoms with Gasteiger partial charge in [-0.15, -0.1) is 0 Å². The van der Waals surface area contributed by atoms with Crippen LogP contribution in [0.2, 0.25) is 0 Å². The lowest BCUT2D eigenvalue weighted by Crippen LogP contribution is -2.47. The maximum Gasteiger partial charge on any atom is 0.421 e. The van der Waals surface area contributed by atoms with Gasteiger partial charge in [-0.1, -0.05) is 30.3 Å². The number of aliphatic hydroxyl groups is 2. The summed E-state index contributed by atoms with van der Waals surface area (Å²) >= 11 is 0. The average molecular weight is 494 g/mol. The molecule has 36 heavy (non-hydrogen) atoms. The molecule has 0 saturated heterocycles. The normalized spacial score (nSPS) is 22.9. The lowest BCUT2D eigenvalue weighted by molar-refractivity contribution is -0.119. The standard InChI is InChI=1S/C27H31N3O6/c1-14(28)25(34)30(26(35)36-27(2,3)4)16-9-10-21-19(13-16)20(24(33)29-21)11-15-12-22(31)17-7-5-6-8-18(17)23(15)32/h5-11,13-15,22-23,31-32H,12,28H2,1-4H3,(H,29,33)/t14-,15?,22?,23?/m0/s1. The number of hydrogen-bond donors (Lipinski definition) is 4. The predicted molar refractivity (Wildman–Crippen MR) is 135 cm³/mol. The van der Waals surface area contributed by atoms with Crippen molar-refractivity contribution >= 4 is 34.9 Å². The predicted octanol–water partition coefficient (Wildman–Crippen LogP) is 3.42.